The van der Waals surface area contributed by atoms with E-state index in [1.54, 1.807) is 0 Å². The largest absolute Gasteiger partial charge is 0.334 e. The molecule has 0 atom stereocenters. The topological polar surface area (TPSA) is 71.3 Å². The second-order valence-electron chi connectivity index (χ2n) is 6.50. The molecule has 0 saturated heterocycles. The second kappa shape index (κ2) is 7.96. The molecule has 1 aliphatic carbocycles. The fraction of sp³-hybridized carbons (Fsp3) is 0.421. The molecule has 2 aromatic rings. The summed E-state index contributed by atoms with van der Waals surface area (Å²) >= 11 is 0. The Bertz CT molecular complexity index is 799. The van der Waals surface area contributed by atoms with E-state index in [0.717, 1.165) is 24.2 Å². The molecule has 0 aromatic carbocycles. The van der Waals surface area contributed by atoms with E-state index in [1.165, 1.54) is 12.8 Å². The Morgan fingerprint density at radius 2 is 2.16 bits per heavy atom. The number of rotatable bonds is 5. The molecule has 2 aromatic heterocycles. The molecule has 0 bridgehead atoms. The number of fused-ring (bicyclic) bond motifs is 1. The van der Waals surface area contributed by atoms with Crippen molar-refractivity contribution in [3.8, 4) is 0 Å². The van der Waals surface area contributed by atoms with Crippen LogP contribution in [-0.2, 0) is 0 Å². The lowest BCUT2D eigenvalue weighted by atomic mass is 10.1. The summed E-state index contributed by atoms with van der Waals surface area (Å²) in [6.07, 6.45) is 12.7. The van der Waals surface area contributed by atoms with Crippen LogP contribution in [0.3, 0.4) is 0 Å². The van der Waals surface area contributed by atoms with Gasteiger partial charge in [-0.25, -0.2) is 4.79 Å². The van der Waals surface area contributed by atoms with Gasteiger partial charge < -0.3 is 10.6 Å². The van der Waals surface area contributed by atoms with Crippen molar-refractivity contribution in [3.05, 3.63) is 48.0 Å². The number of anilines is 1. The normalized spacial score (nSPS) is 16.0. The third kappa shape index (κ3) is 4.07. The monoisotopic (exact) mass is 339 g/mol. The molecular weight excluding hydrogens is 314 g/mol. The molecule has 0 spiro atoms. The number of hydrogen-bond donors (Lipinski definition) is 2. The van der Waals surface area contributed by atoms with E-state index in [-0.39, 0.29) is 6.03 Å². The van der Waals surface area contributed by atoms with Crippen molar-refractivity contribution in [2.45, 2.75) is 45.4 Å². The van der Waals surface area contributed by atoms with Gasteiger partial charge in [-0.2, -0.15) is 0 Å². The molecule has 2 amide bonds. The number of aromatic nitrogens is 3. The van der Waals surface area contributed by atoms with Crippen LogP contribution in [0.5, 0.6) is 0 Å². The zero-order valence-corrected chi connectivity index (χ0v) is 14.8. The zero-order chi connectivity index (χ0) is 17.6. The minimum atomic E-state index is -0.244. The van der Waals surface area contributed by atoms with E-state index in [2.05, 4.69) is 20.8 Å². The maximum Gasteiger partial charge on any atom is 0.319 e. The standard InChI is InChI=1S/C19H25N5O/c1-3-4-8-14(2)13-20-19(25)21-16-11-7-12-24-17(22-23-18(16)24)15-9-5-6-10-15/h3-4,7-8,11-12,15H,5-6,9-10,13H2,1-2H3,(H2,20,21,25). The number of amides is 2. The number of pyridine rings is 1. The summed E-state index contributed by atoms with van der Waals surface area (Å²) in [6, 6.07) is 3.53. The SMILES string of the molecule is CC=CC=C(C)CNC(=O)Nc1cccn2c(C3CCCC3)nnc12. The van der Waals surface area contributed by atoms with Crippen LogP contribution < -0.4 is 10.6 Å². The van der Waals surface area contributed by atoms with Crippen LogP contribution in [0.15, 0.2) is 42.1 Å². The highest BCUT2D eigenvalue weighted by molar-refractivity contribution is 5.93. The first-order valence-electron chi connectivity index (χ1n) is 8.86. The Labute approximate surface area is 148 Å². The summed E-state index contributed by atoms with van der Waals surface area (Å²) in [5, 5.41) is 14.4. The summed E-state index contributed by atoms with van der Waals surface area (Å²) < 4.78 is 2.00. The molecule has 1 saturated carbocycles. The zero-order valence-electron chi connectivity index (χ0n) is 14.8. The molecule has 0 radical (unpaired) electrons. The van der Waals surface area contributed by atoms with Crippen LogP contribution in [0.2, 0.25) is 0 Å². The second-order valence-corrected chi connectivity index (χ2v) is 6.50. The minimum absolute atomic E-state index is 0.244. The first-order chi connectivity index (χ1) is 12.2. The number of hydrogen-bond acceptors (Lipinski definition) is 3. The van der Waals surface area contributed by atoms with E-state index >= 15 is 0 Å². The highest BCUT2D eigenvalue weighted by Gasteiger charge is 2.23. The summed E-state index contributed by atoms with van der Waals surface area (Å²) in [7, 11) is 0. The van der Waals surface area contributed by atoms with Gasteiger partial charge >= 0.3 is 6.03 Å². The number of carbonyl (C=O) groups excluding carboxylic acids is 1. The average molecular weight is 339 g/mol. The van der Waals surface area contributed by atoms with E-state index < -0.39 is 0 Å². The smallest absolute Gasteiger partial charge is 0.319 e. The quantitative estimate of drug-likeness (QED) is 0.808. The van der Waals surface area contributed by atoms with Crippen molar-refractivity contribution in [2.75, 3.05) is 11.9 Å². The Kier molecular flexibility index (Phi) is 5.48. The lowest BCUT2D eigenvalue weighted by molar-refractivity contribution is 0.253. The molecular formula is C19H25N5O. The van der Waals surface area contributed by atoms with Crippen molar-refractivity contribution >= 4 is 17.4 Å². The third-order valence-corrected chi connectivity index (χ3v) is 4.53. The van der Waals surface area contributed by atoms with Crippen LogP contribution in [0.4, 0.5) is 10.5 Å². The predicted octanol–water partition coefficient (Wildman–Crippen LogP) is 4.03. The van der Waals surface area contributed by atoms with Crippen LogP contribution in [0.1, 0.15) is 51.3 Å². The van der Waals surface area contributed by atoms with Crippen molar-refractivity contribution in [1.29, 1.82) is 0 Å². The van der Waals surface area contributed by atoms with Gasteiger partial charge in [0.05, 0.1) is 5.69 Å². The number of nitrogens with zero attached hydrogens (tertiary/aromatic N) is 3. The van der Waals surface area contributed by atoms with Gasteiger partial charge in [0, 0.05) is 18.7 Å². The van der Waals surface area contributed by atoms with Gasteiger partial charge in [-0.1, -0.05) is 36.6 Å². The van der Waals surface area contributed by atoms with Crippen molar-refractivity contribution in [2.24, 2.45) is 0 Å². The lowest BCUT2D eigenvalue weighted by Crippen LogP contribution is -2.30. The molecule has 1 fully saturated rings. The molecule has 132 valence electrons. The predicted molar refractivity (Wildman–Crippen MR) is 99.8 cm³/mol. The van der Waals surface area contributed by atoms with E-state index in [9.17, 15) is 4.79 Å². The maximum atomic E-state index is 12.2. The van der Waals surface area contributed by atoms with Crippen molar-refractivity contribution < 1.29 is 4.79 Å². The summed E-state index contributed by atoms with van der Waals surface area (Å²) in [5.74, 6) is 1.47. The summed E-state index contributed by atoms with van der Waals surface area (Å²) in [4.78, 5) is 12.2. The fourth-order valence-electron chi connectivity index (χ4n) is 3.20. The van der Waals surface area contributed by atoms with Gasteiger partial charge in [-0.15, -0.1) is 10.2 Å². The molecule has 1 aliphatic rings. The number of urea groups is 1. The number of carbonyl (C=O) groups is 1. The Morgan fingerprint density at radius 1 is 1.36 bits per heavy atom. The van der Waals surface area contributed by atoms with E-state index in [0.29, 0.717) is 23.8 Å². The number of allylic oxidation sites excluding steroid dienone is 3. The van der Waals surface area contributed by atoms with Crippen molar-refractivity contribution in [1.82, 2.24) is 19.9 Å². The van der Waals surface area contributed by atoms with Crippen LogP contribution in [0.25, 0.3) is 5.65 Å². The maximum absolute atomic E-state index is 12.2. The first kappa shape index (κ1) is 17.2. The lowest BCUT2D eigenvalue weighted by Gasteiger charge is -2.10. The molecule has 2 N–H and O–H groups in total. The average Bonchev–Trinajstić information content (AvgIpc) is 3.27. The van der Waals surface area contributed by atoms with Crippen LogP contribution in [-0.4, -0.2) is 27.2 Å². The highest BCUT2D eigenvalue weighted by atomic mass is 16.2. The molecule has 3 rings (SSSR count). The minimum Gasteiger partial charge on any atom is -0.334 e. The van der Waals surface area contributed by atoms with Crippen LogP contribution >= 0.6 is 0 Å². The van der Waals surface area contributed by atoms with Gasteiger partial charge in [0.15, 0.2) is 5.65 Å². The molecule has 6 heteroatoms. The first-order valence-corrected chi connectivity index (χ1v) is 8.86. The Balaban J connectivity index is 1.70. The fourth-order valence-corrected chi connectivity index (χ4v) is 3.20. The summed E-state index contributed by atoms with van der Waals surface area (Å²) in [6.45, 7) is 4.44. The van der Waals surface area contributed by atoms with Gasteiger partial charge in [-0.3, -0.25) is 4.40 Å². The Morgan fingerprint density at radius 3 is 2.92 bits per heavy atom. The Hall–Kier alpha value is -2.63. The highest BCUT2D eigenvalue weighted by Crippen LogP contribution is 2.33. The molecule has 25 heavy (non-hydrogen) atoms. The molecule has 2 heterocycles. The van der Waals surface area contributed by atoms with E-state index in [4.69, 9.17) is 0 Å². The van der Waals surface area contributed by atoms with Crippen LogP contribution in [0, 0.1) is 0 Å². The van der Waals surface area contributed by atoms with Gasteiger partial charge in [0.25, 0.3) is 0 Å². The van der Waals surface area contributed by atoms with Gasteiger partial charge in [0.1, 0.15) is 5.82 Å². The molecule has 0 unspecified atom stereocenters. The van der Waals surface area contributed by atoms with Gasteiger partial charge in [0.2, 0.25) is 0 Å². The van der Waals surface area contributed by atoms with E-state index in [1.807, 2.05) is 54.8 Å². The third-order valence-electron chi connectivity index (χ3n) is 4.53. The van der Waals surface area contributed by atoms with Gasteiger partial charge in [-0.05, 0) is 38.8 Å². The van der Waals surface area contributed by atoms with Crippen molar-refractivity contribution in [3.63, 3.8) is 0 Å². The molecule has 0 aliphatic heterocycles. The number of nitrogens with one attached hydrogen (secondary N) is 2. The molecule has 6 nitrogen and oxygen atoms in total. The summed E-state index contributed by atoms with van der Waals surface area (Å²) in [5.41, 5.74) is 2.45.